The van der Waals surface area contributed by atoms with Crippen LogP contribution < -0.4 is 5.32 Å². The van der Waals surface area contributed by atoms with Gasteiger partial charge in [-0.3, -0.25) is 4.79 Å². The maximum absolute atomic E-state index is 12.6. The Morgan fingerprint density at radius 2 is 2.33 bits per heavy atom. The van der Waals surface area contributed by atoms with E-state index in [9.17, 15) is 4.79 Å². The number of carbonyl (C=O) groups is 1. The van der Waals surface area contributed by atoms with E-state index in [-0.39, 0.29) is 11.9 Å². The molecule has 1 N–H and O–H groups in total. The van der Waals surface area contributed by atoms with Gasteiger partial charge in [0.2, 0.25) is 0 Å². The summed E-state index contributed by atoms with van der Waals surface area (Å²) in [5.74, 6) is 0.0753. The van der Waals surface area contributed by atoms with Gasteiger partial charge >= 0.3 is 0 Å². The molecule has 1 aliphatic heterocycles. The van der Waals surface area contributed by atoms with Gasteiger partial charge in [0.1, 0.15) is 12.7 Å². The van der Waals surface area contributed by atoms with Gasteiger partial charge in [-0.15, -0.1) is 0 Å². The third kappa shape index (κ3) is 2.67. The lowest BCUT2D eigenvalue weighted by atomic mass is 10.1. The van der Waals surface area contributed by atoms with Crippen molar-refractivity contribution in [2.75, 3.05) is 20.1 Å². The molecule has 0 aliphatic carbocycles. The Balaban J connectivity index is 1.83. The SMILES string of the molecule is Cc1cc(-n2cncn2)ccc1C(=O)N(C)[C@H]1CCNC1. The van der Waals surface area contributed by atoms with Crippen molar-refractivity contribution < 1.29 is 4.79 Å². The topological polar surface area (TPSA) is 63.1 Å². The Morgan fingerprint density at radius 3 is 2.95 bits per heavy atom. The molecule has 0 radical (unpaired) electrons. The summed E-state index contributed by atoms with van der Waals surface area (Å²) in [5.41, 5.74) is 2.60. The number of benzene rings is 1. The normalized spacial score (nSPS) is 17.9. The first-order valence-corrected chi connectivity index (χ1v) is 7.10. The lowest BCUT2D eigenvalue weighted by Gasteiger charge is -2.24. The van der Waals surface area contributed by atoms with Gasteiger partial charge in [0.05, 0.1) is 5.69 Å². The number of aromatic nitrogens is 3. The second-order valence-electron chi connectivity index (χ2n) is 5.40. The van der Waals surface area contributed by atoms with Crippen molar-refractivity contribution in [1.82, 2.24) is 25.0 Å². The molecule has 1 atom stereocenters. The number of likely N-dealkylation sites (N-methyl/N-ethyl adjacent to an activating group) is 1. The van der Waals surface area contributed by atoms with Crippen LogP contribution in [-0.4, -0.2) is 51.8 Å². The molecule has 3 rings (SSSR count). The molecule has 0 bridgehead atoms. The number of carbonyl (C=O) groups excluding carboxylic acids is 1. The summed E-state index contributed by atoms with van der Waals surface area (Å²) >= 11 is 0. The second kappa shape index (κ2) is 5.65. The van der Waals surface area contributed by atoms with Crippen molar-refractivity contribution in [2.24, 2.45) is 0 Å². The molecule has 2 aromatic rings. The minimum absolute atomic E-state index is 0.0753. The molecule has 0 saturated carbocycles. The summed E-state index contributed by atoms with van der Waals surface area (Å²) in [7, 11) is 1.88. The summed E-state index contributed by atoms with van der Waals surface area (Å²) in [4.78, 5) is 18.4. The van der Waals surface area contributed by atoms with Crippen LogP contribution in [0, 0.1) is 6.92 Å². The van der Waals surface area contributed by atoms with Gasteiger partial charge in [-0.25, -0.2) is 9.67 Å². The van der Waals surface area contributed by atoms with Gasteiger partial charge in [0.15, 0.2) is 0 Å². The van der Waals surface area contributed by atoms with Gasteiger partial charge in [-0.05, 0) is 43.7 Å². The highest BCUT2D eigenvalue weighted by Gasteiger charge is 2.24. The number of nitrogens with one attached hydrogen (secondary N) is 1. The predicted molar refractivity (Wildman–Crippen MR) is 79.5 cm³/mol. The average Bonchev–Trinajstić information content (AvgIpc) is 3.18. The van der Waals surface area contributed by atoms with E-state index < -0.39 is 0 Å². The average molecular weight is 285 g/mol. The van der Waals surface area contributed by atoms with Crippen molar-refractivity contribution in [3.05, 3.63) is 42.0 Å². The predicted octanol–water partition coefficient (Wildman–Crippen LogP) is 1.01. The minimum atomic E-state index is 0.0753. The first kappa shape index (κ1) is 13.8. The first-order chi connectivity index (χ1) is 10.2. The molecule has 6 nitrogen and oxygen atoms in total. The zero-order valence-corrected chi connectivity index (χ0v) is 12.3. The van der Waals surface area contributed by atoms with Gasteiger partial charge in [0.25, 0.3) is 5.91 Å². The number of amides is 1. The number of aryl methyl sites for hydroxylation is 1. The molecule has 1 aromatic carbocycles. The van der Waals surface area contributed by atoms with Gasteiger partial charge < -0.3 is 10.2 Å². The molecule has 1 amide bonds. The highest BCUT2D eigenvalue weighted by Crippen LogP contribution is 2.17. The number of rotatable bonds is 3. The molecule has 1 aliphatic rings. The highest BCUT2D eigenvalue weighted by molar-refractivity contribution is 5.96. The molecule has 6 heteroatoms. The summed E-state index contributed by atoms with van der Waals surface area (Å²) < 4.78 is 1.69. The van der Waals surface area contributed by atoms with Crippen molar-refractivity contribution in [2.45, 2.75) is 19.4 Å². The number of hydrogen-bond acceptors (Lipinski definition) is 4. The van der Waals surface area contributed by atoms with Gasteiger partial charge in [0, 0.05) is 25.2 Å². The fraction of sp³-hybridized carbons (Fsp3) is 0.400. The van der Waals surface area contributed by atoms with E-state index in [0.717, 1.165) is 36.3 Å². The summed E-state index contributed by atoms with van der Waals surface area (Å²) in [6.45, 7) is 3.80. The van der Waals surface area contributed by atoms with Crippen molar-refractivity contribution >= 4 is 5.91 Å². The van der Waals surface area contributed by atoms with E-state index in [0.29, 0.717) is 0 Å². The van der Waals surface area contributed by atoms with Gasteiger partial charge in [-0.2, -0.15) is 5.10 Å². The van der Waals surface area contributed by atoms with Crippen molar-refractivity contribution in [3.63, 3.8) is 0 Å². The van der Waals surface area contributed by atoms with Crippen LogP contribution in [0.1, 0.15) is 22.3 Å². The fourth-order valence-corrected chi connectivity index (χ4v) is 2.70. The Morgan fingerprint density at radius 1 is 1.48 bits per heavy atom. The van der Waals surface area contributed by atoms with Crippen LogP contribution in [0.25, 0.3) is 5.69 Å². The molecule has 2 heterocycles. The van der Waals surface area contributed by atoms with E-state index in [4.69, 9.17) is 0 Å². The fourth-order valence-electron chi connectivity index (χ4n) is 2.70. The number of nitrogens with zero attached hydrogens (tertiary/aromatic N) is 4. The number of hydrogen-bond donors (Lipinski definition) is 1. The second-order valence-corrected chi connectivity index (χ2v) is 5.40. The van der Waals surface area contributed by atoms with E-state index in [1.54, 1.807) is 11.0 Å². The summed E-state index contributed by atoms with van der Waals surface area (Å²) in [5, 5.41) is 7.39. The maximum Gasteiger partial charge on any atom is 0.254 e. The lowest BCUT2D eigenvalue weighted by molar-refractivity contribution is 0.0743. The van der Waals surface area contributed by atoms with E-state index in [2.05, 4.69) is 15.4 Å². The standard InChI is InChI=1S/C15H19N5O/c1-11-7-12(20-10-17-9-18-20)3-4-14(11)15(21)19(2)13-5-6-16-8-13/h3-4,7,9-10,13,16H,5-6,8H2,1-2H3/t13-/m0/s1. The van der Waals surface area contributed by atoms with Crippen LogP contribution in [-0.2, 0) is 0 Å². The third-order valence-corrected chi connectivity index (χ3v) is 4.03. The van der Waals surface area contributed by atoms with E-state index in [1.807, 2.05) is 37.1 Å². The van der Waals surface area contributed by atoms with Crippen molar-refractivity contribution in [3.8, 4) is 5.69 Å². The summed E-state index contributed by atoms with van der Waals surface area (Å²) in [6.07, 6.45) is 4.15. The first-order valence-electron chi connectivity index (χ1n) is 7.10. The molecule has 1 aromatic heterocycles. The zero-order valence-electron chi connectivity index (χ0n) is 12.3. The van der Waals surface area contributed by atoms with Crippen LogP contribution in [0.3, 0.4) is 0 Å². The molecular weight excluding hydrogens is 266 g/mol. The zero-order chi connectivity index (χ0) is 14.8. The third-order valence-electron chi connectivity index (χ3n) is 4.03. The quantitative estimate of drug-likeness (QED) is 0.914. The molecule has 1 saturated heterocycles. The van der Waals surface area contributed by atoms with Crippen LogP contribution in [0.5, 0.6) is 0 Å². The van der Waals surface area contributed by atoms with Crippen molar-refractivity contribution in [1.29, 1.82) is 0 Å². The lowest BCUT2D eigenvalue weighted by Crippen LogP contribution is -2.38. The maximum atomic E-state index is 12.6. The largest absolute Gasteiger partial charge is 0.337 e. The summed E-state index contributed by atoms with van der Waals surface area (Å²) in [6, 6.07) is 6.01. The molecular formula is C15H19N5O. The smallest absolute Gasteiger partial charge is 0.254 e. The Labute approximate surface area is 123 Å². The monoisotopic (exact) mass is 285 g/mol. The van der Waals surface area contributed by atoms with Crippen LogP contribution in [0.15, 0.2) is 30.9 Å². The molecule has 21 heavy (non-hydrogen) atoms. The Kier molecular flexibility index (Phi) is 3.70. The Bertz CT molecular complexity index is 632. The van der Waals surface area contributed by atoms with E-state index >= 15 is 0 Å². The molecule has 0 spiro atoms. The minimum Gasteiger partial charge on any atom is -0.337 e. The highest BCUT2D eigenvalue weighted by atomic mass is 16.2. The molecule has 0 unspecified atom stereocenters. The van der Waals surface area contributed by atoms with Crippen LogP contribution in [0.4, 0.5) is 0 Å². The molecule has 1 fully saturated rings. The molecule has 110 valence electrons. The van der Waals surface area contributed by atoms with Crippen LogP contribution in [0.2, 0.25) is 0 Å². The van der Waals surface area contributed by atoms with Gasteiger partial charge in [-0.1, -0.05) is 0 Å². The van der Waals surface area contributed by atoms with E-state index in [1.165, 1.54) is 6.33 Å². The van der Waals surface area contributed by atoms with Crippen LogP contribution >= 0.6 is 0 Å². The Hall–Kier alpha value is -2.21.